The fraction of sp³-hybridized carbons (Fsp3) is 0.714. The maximum absolute atomic E-state index is 12.1. The van der Waals surface area contributed by atoms with Crippen molar-refractivity contribution in [1.29, 1.82) is 0 Å². The van der Waals surface area contributed by atoms with E-state index in [4.69, 9.17) is 15.2 Å². The van der Waals surface area contributed by atoms with Crippen molar-refractivity contribution in [2.24, 2.45) is 5.92 Å². The molecule has 0 spiro atoms. The quantitative estimate of drug-likeness (QED) is 0.708. The number of carbonyl (C=O) groups excluding carboxylic acids is 1. The molecule has 172 valence electrons. The molecular formula is C21H35N7O3. The van der Waals surface area contributed by atoms with Crippen LogP contribution in [-0.4, -0.2) is 81.3 Å². The minimum absolute atomic E-state index is 0.267. The number of hydrogen-bond donors (Lipinski definition) is 1. The van der Waals surface area contributed by atoms with Crippen LogP contribution >= 0.6 is 0 Å². The maximum atomic E-state index is 12.1. The molecule has 0 aliphatic carbocycles. The Bertz CT molecular complexity index is 885. The number of aromatic nitrogens is 4. The number of anilines is 1. The van der Waals surface area contributed by atoms with Gasteiger partial charge in [-0.25, -0.2) is 14.8 Å². The van der Waals surface area contributed by atoms with Gasteiger partial charge in [0.2, 0.25) is 0 Å². The van der Waals surface area contributed by atoms with Gasteiger partial charge >= 0.3 is 6.09 Å². The highest BCUT2D eigenvalue weighted by atomic mass is 16.6. The Labute approximate surface area is 183 Å². The summed E-state index contributed by atoms with van der Waals surface area (Å²) in [6.07, 6.45) is 4.30. The number of imidazole rings is 1. The van der Waals surface area contributed by atoms with E-state index >= 15 is 0 Å². The van der Waals surface area contributed by atoms with Crippen molar-refractivity contribution in [3.63, 3.8) is 0 Å². The largest absolute Gasteiger partial charge is 0.468 e. The number of likely N-dealkylation sites (tertiary alicyclic amines) is 1. The van der Waals surface area contributed by atoms with Crippen LogP contribution in [0.2, 0.25) is 0 Å². The van der Waals surface area contributed by atoms with E-state index < -0.39 is 5.60 Å². The monoisotopic (exact) mass is 433 g/mol. The van der Waals surface area contributed by atoms with E-state index in [-0.39, 0.29) is 6.09 Å². The third kappa shape index (κ3) is 5.96. The van der Waals surface area contributed by atoms with Gasteiger partial charge in [-0.15, -0.1) is 0 Å². The van der Waals surface area contributed by atoms with Crippen LogP contribution in [0.5, 0.6) is 6.01 Å². The van der Waals surface area contributed by atoms with E-state index in [9.17, 15) is 4.79 Å². The third-order valence-electron chi connectivity index (χ3n) is 5.53. The van der Waals surface area contributed by atoms with E-state index in [0.29, 0.717) is 29.8 Å². The molecule has 3 rings (SSSR count). The van der Waals surface area contributed by atoms with Crippen molar-refractivity contribution < 1.29 is 14.3 Å². The smallest absolute Gasteiger partial charge is 0.410 e. The number of piperidine rings is 1. The first kappa shape index (κ1) is 23.1. The summed E-state index contributed by atoms with van der Waals surface area (Å²) in [5.41, 5.74) is 6.78. The number of carbonyl (C=O) groups is 1. The summed E-state index contributed by atoms with van der Waals surface area (Å²) >= 11 is 0. The predicted molar refractivity (Wildman–Crippen MR) is 119 cm³/mol. The van der Waals surface area contributed by atoms with Gasteiger partial charge in [-0.05, 0) is 65.6 Å². The van der Waals surface area contributed by atoms with Gasteiger partial charge in [0.25, 0.3) is 6.01 Å². The van der Waals surface area contributed by atoms with Gasteiger partial charge in [0.05, 0.1) is 7.11 Å². The van der Waals surface area contributed by atoms with Gasteiger partial charge in [-0.1, -0.05) is 0 Å². The summed E-state index contributed by atoms with van der Waals surface area (Å²) in [5.74, 6) is 0.886. The summed E-state index contributed by atoms with van der Waals surface area (Å²) < 4.78 is 12.9. The van der Waals surface area contributed by atoms with Crippen LogP contribution in [0, 0.1) is 5.92 Å². The second-order valence-electron chi connectivity index (χ2n) is 9.18. The summed E-state index contributed by atoms with van der Waals surface area (Å²) in [4.78, 5) is 29.0. The van der Waals surface area contributed by atoms with E-state index in [1.54, 1.807) is 19.1 Å². The van der Waals surface area contributed by atoms with Crippen molar-refractivity contribution in [2.75, 3.05) is 46.1 Å². The van der Waals surface area contributed by atoms with Crippen LogP contribution in [0.4, 0.5) is 10.6 Å². The number of nitrogens with zero attached hydrogens (tertiary/aromatic N) is 6. The van der Waals surface area contributed by atoms with Gasteiger partial charge in [-0.3, -0.25) is 4.57 Å². The number of methoxy groups -OCH3 is 1. The van der Waals surface area contributed by atoms with Crippen LogP contribution < -0.4 is 10.5 Å². The molecule has 0 bridgehead atoms. The molecule has 31 heavy (non-hydrogen) atoms. The van der Waals surface area contributed by atoms with Crippen molar-refractivity contribution in [3.8, 4) is 6.01 Å². The third-order valence-corrected chi connectivity index (χ3v) is 5.53. The Balaban J connectivity index is 1.46. The van der Waals surface area contributed by atoms with E-state index in [1.807, 2.05) is 25.3 Å². The SMILES string of the molecule is COc1nc2c(N)ncnc2n1CC1CCN(CCCN(C)C(=O)OC(C)(C)C)CC1. The number of ether oxygens (including phenoxy) is 2. The molecule has 1 aliphatic rings. The number of hydrogen-bond acceptors (Lipinski definition) is 8. The number of rotatable bonds is 7. The highest BCUT2D eigenvalue weighted by Gasteiger charge is 2.24. The fourth-order valence-corrected chi connectivity index (χ4v) is 3.87. The molecule has 1 amide bonds. The molecule has 2 N–H and O–H groups in total. The standard InChI is InChI=1S/C21H35N7O3/c1-21(2,3)31-20(29)26(4)9-6-10-27-11-7-15(8-12-27)13-28-18-16(25-19(28)30-5)17(22)23-14-24-18/h14-15H,6-13H2,1-5H3,(H2,22,23,24). The fourth-order valence-electron chi connectivity index (χ4n) is 3.87. The molecule has 0 atom stereocenters. The normalized spacial score (nSPS) is 15.9. The molecule has 0 radical (unpaired) electrons. The van der Waals surface area contributed by atoms with Crippen LogP contribution in [0.15, 0.2) is 6.33 Å². The number of amides is 1. The molecule has 3 heterocycles. The average molecular weight is 434 g/mol. The van der Waals surface area contributed by atoms with E-state index in [0.717, 1.165) is 51.1 Å². The Morgan fingerprint density at radius 3 is 2.65 bits per heavy atom. The molecule has 0 unspecified atom stereocenters. The molecule has 0 saturated carbocycles. The molecule has 0 aromatic carbocycles. The summed E-state index contributed by atoms with van der Waals surface area (Å²) in [7, 11) is 3.40. The lowest BCUT2D eigenvalue weighted by Crippen LogP contribution is -2.38. The van der Waals surface area contributed by atoms with Crippen LogP contribution in [-0.2, 0) is 11.3 Å². The lowest BCUT2D eigenvalue weighted by atomic mass is 9.96. The van der Waals surface area contributed by atoms with Crippen molar-refractivity contribution >= 4 is 23.1 Å². The van der Waals surface area contributed by atoms with Gasteiger partial charge in [0.15, 0.2) is 17.0 Å². The first-order valence-corrected chi connectivity index (χ1v) is 10.8. The van der Waals surface area contributed by atoms with E-state index in [2.05, 4.69) is 19.9 Å². The van der Waals surface area contributed by atoms with Crippen LogP contribution in [0.3, 0.4) is 0 Å². The van der Waals surface area contributed by atoms with Gasteiger partial charge in [0.1, 0.15) is 11.9 Å². The zero-order valence-electron chi connectivity index (χ0n) is 19.3. The molecule has 1 fully saturated rings. The predicted octanol–water partition coefficient (Wildman–Crippen LogP) is 2.39. The lowest BCUT2D eigenvalue weighted by molar-refractivity contribution is 0.0291. The molecule has 2 aromatic heterocycles. The summed E-state index contributed by atoms with van der Waals surface area (Å²) in [5, 5.41) is 0. The first-order valence-electron chi connectivity index (χ1n) is 10.8. The molecule has 1 saturated heterocycles. The number of nitrogens with two attached hydrogens (primary N) is 1. The zero-order valence-corrected chi connectivity index (χ0v) is 19.3. The van der Waals surface area contributed by atoms with Crippen LogP contribution in [0.1, 0.15) is 40.0 Å². The maximum Gasteiger partial charge on any atom is 0.410 e. The van der Waals surface area contributed by atoms with Gasteiger partial charge in [-0.2, -0.15) is 4.98 Å². The Morgan fingerprint density at radius 1 is 1.29 bits per heavy atom. The zero-order chi connectivity index (χ0) is 22.6. The molecule has 10 heteroatoms. The number of nitrogen functional groups attached to an aromatic ring is 1. The highest BCUT2D eigenvalue weighted by molar-refractivity contribution is 5.82. The van der Waals surface area contributed by atoms with Crippen molar-refractivity contribution in [2.45, 2.75) is 52.2 Å². The summed E-state index contributed by atoms with van der Waals surface area (Å²) in [6, 6.07) is 0.523. The van der Waals surface area contributed by atoms with Crippen molar-refractivity contribution in [1.82, 2.24) is 29.3 Å². The first-order chi connectivity index (χ1) is 14.7. The second-order valence-corrected chi connectivity index (χ2v) is 9.18. The summed E-state index contributed by atoms with van der Waals surface area (Å²) in [6.45, 7) is 10.2. The highest BCUT2D eigenvalue weighted by Crippen LogP contribution is 2.27. The minimum Gasteiger partial charge on any atom is -0.468 e. The average Bonchev–Trinajstić information content (AvgIpc) is 3.07. The Morgan fingerprint density at radius 2 is 2.00 bits per heavy atom. The van der Waals surface area contributed by atoms with Gasteiger partial charge < -0.3 is 25.0 Å². The van der Waals surface area contributed by atoms with Crippen molar-refractivity contribution in [3.05, 3.63) is 6.33 Å². The second kappa shape index (κ2) is 9.67. The molecule has 10 nitrogen and oxygen atoms in total. The molecular weight excluding hydrogens is 398 g/mol. The van der Waals surface area contributed by atoms with Gasteiger partial charge in [0, 0.05) is 20.1 Å². The van der Waals surface area contributed by atoms with Crippen LogP contribution in [0.25, 0.3) is 11.2 Å². The lowest BCUT2D eigenvalue weighted by Gasteiger charge is -2.32. The minimum atomic E-state index is -0.464. The van der Waals surface area contributed by atoms with E-state index in [1.165, 1.54) is 6.33 Å². The number of fused-ring (bicyclic) bond motifs is 1. The molecule has 2 aromatic rings. The Hall–Kier alpha value is -2.62. The Kier molecular flexibility index (Phi) is 7.19. The molecule has 1 aliphatic heterocycles. The topological polar surface area (TPSA) is 112 Å².